The third-order valence-corrected chi connectivity index (χ3v) is 6.28. The fourth-order valence-corrected chi connectivity index (χ4v) is 4.41. The number of nitrogens with zero attached hydrogens (tertiary/aromatic N) is 4. The van der Waals surface area contributed by atoms with E-state index in [0.717, 1.165) is 34.6 Å². The Hall–Kier alpha value is -3.65. The van der Waals surface area contributed by atoms with Gasteiger partial charge >= 0.3 is 0 Å². The zero-order valence-corrected chi connectivity index (χ0v) is 19.4. The molecule has 176 valence electrons. The van der Waals surface area contributed by atoms with E-state index in [1.807, 2.05) is 61.6 Å². The van der Waals surface area contributed by atoms with E-state index in [4.69, 9.17) is 14.0 Å². The molecule has 5 rings (SSSR count). The van der Waals surface area contributed by atoms with Gasteiger partial charge < -0.3 is 23.3 Å². The summed E-state index contributed by atoms with van der Waals surface area (Å²) in [7, 11) is 0. The van der Waals surface area contributed by atoms with Gasteiger partial charge in [0.15, 0.2) is 0 Å². The van der Waals surface area contributed by atoms with Crippen LogP contribution in [-0.4, -0.2) is 51.7 Å². The van der Waals surface area contributed by atoms with E-state index in [-0.39, 0.29) is 11.8 Å². The molecular weight excluding hydrogens is 432 g/mol. The number of carbonyl (C=O) groups excluding carboxylic acids is 1. The van der Waals surface area contributed by atoms with Crippen molar-refractivity contribution in [3.8, 4) is 5.75 Å². The molecule has 1 saturated heterocycles. The van der Waals surface area contributed by atoms with Crippen LogP contribution in [0.1, 0.15) is 33.1 Å². The van der Waals surface area contributed by atoms with Crippen LogP contribution in [0, 0.1) is 19.8 Å². The zero-order chi connectivity index (χ0) is 23.5. The molecule has 8 heteroatoms. The molecule has 1 amide bonds. The summed E-state index contributed by atoms with van der Waals surface area (Å²) in [6.07, 6.45) is 6.52. The molecular formula is C26H28N4O4. The molecule has 4 heterocycles. The summed E-state index contributed by atoms with van der Waals surface area (Å²) in [6, 6.07) is 11.4. The Kier molecular flexibility index (Phi) is 6.31. The molecule has 8 nitrogen and oxygen atoms in total. The van der Waals surface area contributed by atoms with Crippen LogP contribution in [0.5, 0.6) is 5.75 Å². The molecule has 0 saturated carbocycles. The SMILES string of the molecule is Cc1noc(C)c1COc1cccc(C(=O)N2CCOC[C@@H](Cc3nccn4cccc34)C2)c1. The summed E-state index contributed by atoms with van der Waals surface area (Å²) < 4.78 is 19.1. The lowest BCUT2D eigenvalue weighted by atomic mass is 10.0. The molecule has 3 aromatic heterocycles. The lowest BCUT2D eigenvalue weighted by Crippen LogP contribution is -2.36. The first kappa shape index (κ1) is 22.2. The van der Waals surface area contributed by atoms with E-state index >= 15 is 0 Å². The van der Waals surface area contributed by atoms with Crippen molar-refractivity contribution >= 4 is 11.4 Å². The third-order valence-electron chi connectivity index (χ3n) is 6.28. The Bertz CT molecular complexity index is 1280. The minimum Gasteiger partial charge on any atom is -0.489 e. The van der Waals surface area contributed by atoms with Crippen LogP contribution < -0.4 is 4.74 Å². The van der Waals surface area contributed by atoms with Crippen LogP contribution in [0.2, 0.25) is 0 Å². The van der Waals surface area contributed by atoms with E-state index < -0.39 is 0 Å². The van der Waals surface area contributed by atoms with Gasteiger partial charge in [-0.2, -0.15) is 0 Å². The van der Waals surface area contributed by atoms with Crippen LogP contribution in [0.25, 0.3) is 5.52 Å². The number of carbonyl (C=O) groups is 1. The van der Waals surface area contributed by atoms with Crippen molar-refractivity contribution in [3.63, 3.8) is 0 Å². The number of fused-ring (bicyclic) bond motifs is 1. The second-order valence-corrected chi connectivity index (χ2v) is 8.69. The van der Waals surface area contributed by atoms with Gasteiger partial charge in [0.1, 0.15) is 18.1 Å². The number of benzene rings is 1. The van der Waals surface area contributed by atoms with Crippen molar-refractivity contribution in [2.75, 3.05) is 26.3 Å². The van der Waals surface area contributed by atoms with Gasteiger partial charge in [0.05, 0.1) is 35.7 Å². The number of hydrogen-bond donors (Lipinski definition) is 0. The van der Waals surface area contributed by atoms with Gasteiger partial charge in [-0.25, -0.2) is 0 Å². The first-order chi connectivity index (χ1) is 16.6. The molecule has 1 fully saturated rings. The monoisotopic (exact) mass is 460 g/mol. The summed E-state index contributed by atoms with van der Waals surface area (Å²) in [5.41, 5.74) is 4.45. The lowest BCUT2D eigenvalue weighted by Gasteiger charge is -2.24. The van der Waals surface area contributed by atoms with Crippen LogP contribution in [0.15, 0.2) is 59.5 Å². The fourth-order valence-electron chi connectivity index (χ4n) is 4.41. The van der Waals surface area contributed by atoms with Gasteiger partial charge in [-0.3, -0.25) is 9.78 Å². The van der Waals surface area contributed by atoms with Crippen molar-refractivity contribution in [1.29, 1.82) is 0 Å². The number of ether oxygens (including phenoxy) is 2. The predicted molar refractivity (Wildman–Crippen MR) is 126 cm³/mol. The smallest absolute Gasteiger partial charge is 0.254 e. The number of amides is 1. The van der Waals surface area contributed by atoms with Crippen LogP contribution in [0.4, 0.5) is 0 Å². The molecule has 1 aliphatic rings. The van der Waals surface area contributed by atoms with Crippen LogP contribution in [-0.2, 0) is 17.8 Å². The molecule has 1 aliphatic heterocycles. The Labute approximate surface area is 198 Å². The number of aromatic nitrogens is 3. The van der Waals surface area contributed by atoms with Crippen molar-refractivity contribution in [2.24, 2.45) is 5.92 Å². The van der Waals surface area contributed by atoms with E-state index in [0.29, 0.717) is 44.2 Å². The average Bonchev–Trinajstić information content (AvgIpc) is 3.38. The van der Waals surface area contributed by atoms with Crippen LogP contribution >= 0.6 is 0 Å². The molecule has 4 aromatic rings. The van der Waals surface area contributed by atoms with Gasteiger partial charge in [-0.15, -0.1) is 0 Å². The number of aryl methyl sites for hydroxylation is 2. The van der Waals surface area contributed by atoms with Crippen molar-refractivity contribution < 1.29 is 18.8 Å². The first-order valence-corrected chi connectivity index (χ1v) is 11.5. The molecule has 0 N–H and O–H groups in total. The Balaban J connectivity index is 1.28. The fraction of sp³-hybridized carbons (Fsp3) is 0.346. The van der Waals surface area contributed by atoms with Crippen molar-refractivity contribution in [1.82, 2.24) is 19.4 Å². The second-order valence-electron chi connectivity index (χ2n) is 8.69. The Morgan fingerprint density at radius 2 is 2.12 bits per heavy atom. The molecule has 0 radical (unpaired) electrons. The third kappa shape index (κ3) is 4.68. The maximum Gasteiger partial charge on any atom is 0.254 e. The summed E-state index contributed by atoms with van der Waals surface area (Å²) >= 11 is 0. The summed E-state index contributed by atoms with van der Waals surface area (Å²) in [5.74, 6) is 1.52. The minimum atomic E-state index is -0.0212. The highest BCUT2D eigenvalue weighted by Gasteiger charge is 2.25. The van der Waals surface area contributed by atoms with Crippen molar-refractivity contribution in [2.45, 2.75) is 26.9 Å². The summed E-state index contributed by atoms with van der Waals surface area (Å²) in [6.45, 7) is 6.40. The maximum atomic E-state index is 13.4. The normalized spacial score (nSPS) is 16.5. The Morgan fingerprint density at radius 3 is 2.97 bits per heavy atom. The molecule has 0 spiro atoms. The van der Waals surface area contributed by atoms with E-state index in [1.165, 1.54) is 0 Å². The number of hydrogen-bond acceptors (Lipinski definition) is 6. The topological polar surface area (TPSA) is 82.1 Å². The molecule has 34 heavy (non-hydrogen) atoms. The van der Waals surface area contributed by atoms with E-state index in [2.05, 4.69) is 20.6 Å². The molecule has 1 atom stereocenters. The average molecular weight is 461 g/mol. The van der Waals surface area contributed by atoms with E-state index in [1.54, 1.807) is 6.07 Å². The van der Waals surface area contributed by atoms with E-state index in [9.17, 15) is 4.79 Å². The minimum absolute atomic E-state index is 0.0212. The van der Waals surface area contributed by atoms with Gasteiger partial charge in [-0.1, -0.05) is 11.2 Å². The lowest BCUT2D eigenvalue weighted by molar-refractivity contribution is 0.0736. The highest BCUT2D eigenvalue weighted by atomic mass is 16.5. The van der Waals surface area contributed by atoms with Gasteiger partial charge in [0, 0.05) is 43.2 Å². The van der Waals surface area contributed by atoms with Gasteiger partial charge in [0.25, 0.3) is 5.91 Å². The first-order valence-electron chi connectivity index (χ1n) is 11.5. The largest absolute Gasteiger partial charge is 0.489 e. The highest BCUT2D eigenvalue weighted by molar-refractivity contribution is 5.94. The summed E-state index contributed by atoms with van der Waals surface area (Å²) in [4.78, 5) is 19.9. The van der Waals surface area contributed by atoms with Gasteiger partial charge in [-0.05, 0) is 50.6 Å². The second kappa shape index (κ2) is 9.69. The quantitative estimate of drug-likeness (QED) is 0.435. The maximum absolute atomic E-state index is 13.4. The standard InChI is InChI=1S/C26H28N4O4/c1-18-23(19(2)34-28-18)17-33-22-6-3-5-21(14-22)26(31)30-11-12-32-16-20(15-30)13-24-25-7-4-9-29(25)10-8-27-24/h3-10,14,20H,11-13,15-17H2,1-2H3/t20-/m0/s1. The molecule has 1 aromatic carbocycles. The molecule has 0 unspecified atom stereocenters. The number of rotatable bonds is 6. The summed E-state index contributed by atoms with van der Waals surface area (Å²) in [5, 5.41) is 3.96. The van der Waals surface area contributed by atoms with Gasteiger partial charge in [0.2, 0.25) is 0 Å². The Morgan fingerprint density at radius 1 is 1.21 bits per heavy atom. The molecule has 0 bridgehead atoms. The highest BCUT2D eigenvalue weighted by Crippen LogP contribution is 2.22. The predicted octanol–water partition coefficient (Wildman–Crippen LogP) is 3.85. The van der Waals surface area contributed by atoms with Crippen LogP contribution in [0.3, 0.4) is 0 Å². The van der Waals surface area contributed by atoms with Crippen molar-refractivity contribution in [3.05, 3.63) is 83.3 Å². The molecule has 0 aliphatic carbocycles. The zero-order valence-electron chi connectivity index (χ0n) is 19.4.